The molecule has 0 amide bonds. The number of benzene rings is 1. The summed E-state index contributed by atoms with van der Waals surface area (Å²) < 4.78 is 5.90. The lowest BCUT2D eigenvalue weighted by atomic mass is 10.1. The second kappa shape index (κ2) is 7.88. The molecule has 26 heavy (non-hydrogen) atoms. The highest BCUT2D eigenvalue weighted by Gasteiger charge is 2.33. The fraction of sp³-hybridized carbons (Fsp3) is 0.474. The van der Waals surface area contributed by atoms with Crippen molar-refractivity contribution in [3.8, 4) is 5.75 Å². The van der Waals surface area contributed by atoms with E-state index < -0.39 is 12.1 Å². The summed E-state index contributed by atoms with van der Waals surface area (Å²) in [5.74, 6) is 0.751. The predicted molar refractivity (Wildman–Crippen MR) is 96.2 cm³/mol. The molecule has 1 aromatic carbocycles. The summed E-state index contributed by atoms with van der Waals surface area (Å²) in [6.07, 6.45) is -0.0283. The van der Waals surface area contributed by atoms with E-state index in [4.69, 9.17) is 9.84 Å². The molecule has 140 valence electrons. The van der Waals surface area contributed by atoms with Crippen molar-refractivity contribution in [2.75, 3.05) is 13.1 Å². The van der Waals surface area contributed by atoms with Crippen LogP contribution in [0.5, 0.6) is 5.75 Å². The van der Waals surface area contributed by atoms with Crippen LogP contribution in [0.15, 0.2) is 24.3 Å². The Kier molecular flexibility index (Phi) is 5.58. The SMILES string of the molecule is CCc1nc(CN2C[C@@H](O)[C@H](Oc3ccc(CC(=O)O)cc3)C2)c(C)[nH]1. The number of carbonyl (C=O) groups is 1. The molecule has 1 aliphatic rings. The number of aliphatic hydroxyl groups is 1. The molecule has 1 aromatic heterocycles. The van der Waals surface area contributed by atoms with E-state index in [1.165, 1.54) is 0 Å². The van der Waals surface area contributed by atoms with Gasteiger partial charge in [0.1, 0.15) is 23.8 Å². The summed E-state index contributed by atoms with van der Waals surface area (Å²) in [4.78, 5) is 20.7. The summed E-state index contributed by atoms with van der Waals surface area (Å²) in [6.45, 7) is 5.91. The number of aryl methyl sites for hydroxylation is 2. The van der Waals surface area contributed by atoms with Crippen LogP contribution in [0.25, 0.3) is 0 Å². The van der Waals surface area contributed by atoms with E-state index >= 15 is 0 Å². The van der Waals surface area contributed by atoms with Gasteiger partial charge in [0.2, 0.25) is 0 Å². The van der Waals surface area contributed by atoms with Gasteiger partial charge in [-0.15, -0.1) is 0 Å². The third-order valence-electron chi connectivity index (χ3n) is 4.62. The molecule has 0 saturated carbocycles. The summed E-state index contributed by atoms with van der Waals surface area (Å²) in [7, 11) is 0. The summed E-state index contributed by atoms with van der Waals surface area (Å²) in [5.41, 5.74) is 2.79. The van der Waals surface area contributed by atoms with Crippen LogP contribution in [0.4, 0.5) is 0 Å². The quantitative estimate of drug-likeness (QED) is 0.693. The molecular weight excluding hydrogens is 334 g/mol. The first-order valence-corrected chi connectivity index (χ1v) is 8.86. The number of aliphatic carboxylic acids is 1. The number of carboxylic acid groups (broad SMARTS) is 1. The Morgan fingerprint density at radius 3 is 2.69 bits per heavy atom. The van der Waals surface area contributed by atoms with Gasteiger partial charge in [-0.2, -0.15) is 0 Å². The van der Waals surface area contributed by atoms with Gasteiger partial charge < -0.3 is 19.9 Å². The fourth-order valence-corrected chi connectivity index (χ4v) is 3.21. The summed E-state index contributed by atoms with van der Waals surface area (Å²) >= 11 is 0. The van der Waals surface area contributed by atoms with Crippen molar-refractivity contribution in [3.05, 3.63) is 47.0 Å². The number of aliphatic hydroxyl groups excluding tert-OH is 1. The number of carboxylic acids is 1. The number of hydrogen-bond acceptors (Lipinski definition) is 5. The van der Waals surface area contributed by atoms with Gasteiger partial charge in [0.15, 0.2) is 0 Å². The Bertz CT molecular complexity index is 757. The number of H-pyrrole nitrogens is 1. The number of rotatable bonds is 7. The molecule has 1 saturated heterocycles. The highest BCUT2D eigenvalue weighted by atomic mass is 16.5. The van der Waals surface area contributed by atoms with Gasteiger partial charge in [0.25, 0.3) is 0 Å². The van der Waals surface area contributed by atoms with E-state index in [0.717, 1.165) is 29.2 Å². The van der Waals surface area contributed by atoms with Crippen molar-refractivity contribution >= 4 is 5.97 Å². The molecule has 7 nitrogen and oxygen atoms in total. The lowest BCUT2D eigenvalue weighted by molar-refractivity contribution is -0.136. The van der Waals surface area contributed by atoms with Crippen molar-refractivity contribution < 1.29 is 19.7 Å². The number of likely N-dealkylation sites (tertiary alicyclic amines) is 1. The first-order chi connectivity index (χ1) is 12.4. The molecule has 0 radical (unpaired) electrons. The zero-order valence-electron chi connectivity index (χ0n) is 15.1. The molecule has 0 aliphatic carbocycles. The Balaban J connectivity index is 1.58. The number of imidazole rings is 1. The van der Waals surface area contributed by atoms with Crippen molar-refractivity contribution in [2.24, 2.45) is 0 Å². The van der Waals surface area contributed by atoms with Crippen LogP contribution in [0, 0.1) is 6.92 Å². The van der Waals surface area contributed by atoms with Crippen molar-refractivity contribution in [2.45, 2.75) is 45.4 Å². The number of hydrogen-bond donors (Lipinski definition) is 3. The smallest absolute Gasteiger partial charge is 0.307 e. The van der Waals surface area contributed by atoms with Crippen LogP contribution in [-0.4, -0.2) is 56.3 Å². The maximum atomic E-state index is 10.7. The van der Waals surface area contributed by atoms with Gasteiger partial charge in [-0.3, -0.25) is 9.69 Å². The van der Waals surface area contributed by atoms with Gasteiger partial charge in [-0.25, -0.2) is 4.98 Å². The van der Waals surface area contributed by atoms with E-state index in [2.05, 4.69) is 21.8 Å². The first kappa shape index (κ1) is 18.4. The van der Waals surface area contributed by atoms with Crippen molar-refractivity contribution in [1.29, 1.82) is 0 Å². The Morgan fingerprint density at radius 1 is 1.35 bits per heavy atom. The van der Waals surface area contributed by atoms with E-state index in [1.807, 2.05) is 6.92 Å². The maximum absolute atomic E-state index is 10.7. The van der Waals surface area contributed by atoms with Gasteiger partial charge in [-0.1, -0.05) is 19.1 Å². The third kappa shape index (κ3) is 4.42. The zero-order chi connectivity index (χ0) is 18.7. The molecule has 2 atom stereocenters. The Hall–Kier alpha value is -2.38. The number of aromatic nitrogens is 2. The molecule has 2 aromatic rings. The second-order valence-corrected chi connectivity index (χ2v) is 6.74. The van der Waals surface area contributed by atoms with Crippen molar-refractivity contribution in [1.82, 2.24) is 14.9 Å². The molecule has 1 fully saturated rings. The average molecular weight is 359 g/mol. The minimum absolute atomic E-state index is 0.0110. The third-order valence-corrected chi connectivity index (χ3v) is 4.62. The number of β-amino-alcohol motifs (C(OH)–C–C–N with tert-alkyl or cyclic N) is 1. The molecular formula is C19H25N3O4. The largest absolute Gasteiger partial charge is 0.486 e. The summed E-state index contributed by atoms with van der Waals surface area (Å²) in [6, 6.07) is 6.97. The highest BCUT2D eigenvalue weighted by molar-refractivity contribution is 5.70. The number of nitrogens with zero attached hydrogens (tertiary/aromatic N) is 2. The van der Waals surface area contributed by atoms with Crippen LogP contribution in [-0.2, 0) is 24.2 Å². The van der Waals surface area contributed by atoms with Crippen LogP contribution in [0.1, 0.15) is 29.7 Å². The van der Waals surface area contributed by atoms with Crippen LogP contribution >= 0.6 is 0 Å². The normalized spacial score (nSPS) is 20.4. The van der Waals surface area contributed by atoms with Crippen LogP contribution in [0.3, 0.4) is 0 Å². The van der Waals surface area contributed by atoms with Crippen LogP contribution < -0.4 is 4.74 Å². The number of nitrogens with one attached hydrogen (secondary N) is 1. The molecule has 1 aliphatic heterocycles. The van der Waals surface area contributed by atoms with Gasteiger partial charge in [-0.05, 0) is 24.6 Å². The van der Waals surface area contributed by atoms with E-state index in [-0.39, 0.29) is 12.5 Å². The maximum Gasteiger partial charge on any atom is 0.307 e. The van der Waals surface area contributed by atoms with Crippen LogP contribution in [0.2, 0.25) is 0 Å². The monoisotopic (exact) mass is 359 g/mol. The predicted octanol–water partition coefficient (Wildman–Crippen LogP) is 1.53. The topological polar surface area (TPSA) is 98.7 Å². The number of ether oxygens (including phenoxy) is 1. The van der Waals surface area contributed by atoms with Gasteiger partial charge in [0.05, 0.1) is 12.1 Å². The summed E-state index contributed by atoms with van der Waals surface area (Å²) in [5, 5.41) is 19.1. The second-order valence-electron chi connectivity index (χ2n) is 6.74. The molecule has 2 heterocycles. The molecule has 3 rings (SSSR count). The van der Waals surface area contributed by atoms with Crippen molar-refractivity contribution in [3.63, 3.8) is 0 Å². The first-order valence-electron chi connectivity index (χ1n) is 8.86. The van der Waals surface area contributed by atoms with Gasteiger partial charge >= 0.3 is 5.97 Å². The molecule has 3 N–H and O–H groups in total. The van der Waals surface area contributed by atoms with E-state index in [1.54, 1.807) is 24.3 Å². The Labute approximate surface area is 152 Å². The van der Waals surface area contributed by atoms with Gasteiger partial charge in [0, 0.05) is 31.7 Å². The van der Waals surface area contributed by atoms with E-state index in [0.29, 0.717) is 25.4 Å². The minimum atomic E-state index is -0.861. The zero-order valence-corrected chi connectivity index (χ0v) is 15.1. The minimum Gasteiger partial charge on any atom is -0.486 e. The Morgan fingerprint density at radius 2 is 2.08 bits per heavy atom. The van der Waals surface area contributed by atoms with E-state index in [9.17, 15) is 9.90 Å². The molecule has 0 unspecified atom stereocenters. The average Bonchev–Trinajstić information content (AvgIpc) is 3.12. The number of aromatic amines is 1. The molecule has 7 heteroatoms. The fourth-order valence-electron chi connectivity index (χ4n) is 3.21. The molecule has 0 spiro atoms. The standard InChI is InChI=1S/C19H25N3O4/c1-3-18-20-12(2)15(21-18)9-22-10-16(23)17(11-22)26-14-6-4-13(5-7-14)8-19(24)25/h4-7,16-17,23H,3,8-11H2,1-2H3,(H,20,21)(H,24,25)/t16-,17-/m1/s1. The molecule has 0 bridgehead atoms. The lowest BCUT2D eigenvalue weighted by Gasteiger charge is -2.17. The lowest BCUT2D eigenvalue weighted by Crippen LogP contribution is -2.29. The highest BCUT2D eigenvalue weighted by Crippen LogP contribution is 2.21.